The largest absolute Gasteiger partial charge is 0.291 e. The average molecular weight is 420 g/mol. The van der Waals surface area contributed by atoms with Crippen molar-refractivity contribution in [1.29, 1.82) is 0 Å². The predicted octanol–water partition coefficient (Wildman–Crippen LogP) is 7.00. The zero-order chi connectivity index (χ0) is 20.5. The molecule has 0 bridgehead atoms. The molecule has 7 rings (SSSR count). The summed E-state index contributed by atoms with van der Waals surface area (Å²) in [6.45, 7) is 2.37. The van der Waals surface area contributed by atoms with E-state index in [4.69, 9.17) is 9.97 Å². The van der Waals surface area contributed by atoms with Crippen LogP contribution in [0.1, 0.15) is 52.1 Å². The Kier molecular flexibility index (Phi) is 3.59. The Balaban J connectivity index is 1.51. The van der Waals surface area contributed by atoms with Crippen molar-refractivity contribution >= 4 is 50.6 Å². The van der Waals surface area contributed by atoms with Crippen molar-refractivity contribution in [2.45, 2.75) is 32.1 Å². The van der Waals surface area contributed by atoms with Crippen LogP contribution >= 0.6 is 11.3 Å². The van der Waals surface area contributed by atoms with Crippen LogP contribution in [0, 0.1) is 0 Å². The molecule has 4 heteroatoms. The topological polar surface area (TPSA) is 30.2 Å². The normalized spacial score (nSPS) is 17.8. The number of allylic oxidation sites excluding steroid dienone is 2. The minimum Gasteiger partial charge on any atom is -0.291 e. The maximum Gasteiger partial charge on any atom is 0.138 e. The summed E-state index contributed by atoms with van der Waals surface area (Å²) in [5.41, 5.74) is 9.97. The highest BCUT2D eigenvalue weighted by molar-refractivity contribution is 7.14. The molecule has 150 valence electrons. The monoisotopic (exact) mass is 419 g/mol. The molecule has 3 nitrogen and oxygen atoms in total. The average Bonchev–Trinajstić information content (AvgIpc) is 3.37. The predicted molar refractivity (Wildman–Crippen MR) is 130 cm³/mol. The number of hydrogen-bond donors (Lipinski definition) is 0. The van der Waals surface area contributed by atoms with Gasteiger partial charge in [-0.1, -0.05) is 31.2 Å². The first-order valence-corrected chi connectivity index (χ1v) is 11.8. The second-order valence-corrected chi connectivity index (χ2v) is 9.68. The van der Waals surface area contributed by atoms with Gasteiger partial charge in [0.1, 0.15) is 5.65 Å². The summed E-state index contributed by atoms with van der Waals surface area (Å²) >= 11 is 1.96. The lowest BCUT2D eigenvalue weighted by molar-refractivity contribution is 0.758. The second-order valence-electron chi connectivity index (χ2n) is 8.63. The fourth-order valence-corrected chi connectivity index (χ4v) is 6.86. The second kappa shape index (κ2) is 6.38. The summed E-state index contributed by atoms with van der Waals surface area (Å²) in [5, 5.41) is 1.24. The molecule has 2 aliphatic carbocycles. The Morgan fingerprint density at radius 2 is 2.00 bits per heavy atom. The number of hydrogen-bond acceptors (Lipinski definition) is 3. The van der Waals surface area contributed by atoms with Crippen LogP contribution in [0.2, 0.25) is 0 Å². The lowest BCUT2D eigenvalue weighted by Crippen LogP contribution is -2.05. The van der Waals surface area contributed by atoms with Crippen LogP contribution in [-0.2, 0) is 6.42 Å². The molecule has 0 saturated heterocycles. The summed E-state index contributed by atoms with van der Waals surface area (Å²) in [6, 6.07) is 12.7. The summed E-state index contributed by atoms with van der Waals surface area (Å²) in [6.07, 6.45) is 14.5. The summed E-state index contributed by atoms with van der Waals surface area (Å²) in [7, 11) is 0. The highest BCUT2D eigenvalue weighted by Crippen LogP contribution is 2.47. The number of aromatic nitrogens is 3. The molecule has 0 spiro atoms. The van der Waals surface area contributed by atoms with Gasteiger partial charge in [-0.3, -0.25) is 9.38 Å². The third-order valence-corrected chi connectivity index (χ3v) is 8.05. The van der Waals surface area contributed by atoms with Gasteiger partial charge in [0.25, 0.3) is 0 Å². The SMILES string of the molecule is CC1CC=Cc2sc3c(c21)CCC=C3c1cncc2c1ccc1nc3ccccc3n12. The number of thiophene rings is 1. The molecule has 0 N–H and O–H groups in total. The zero-order valence-corrected chi connectivity index (χ0v) is 18.1. The van der Waals surface area contributed by atoms with E-state index in [0.29, 0.717) is 5.92 Å². The fraction of sp³-hybridized carbons (Fsp3) is 0.185. The van der Waals surface area contributed by atoms with Gasteiger partial charge in [0.15, 0.2) is 0 Å². The van der Waals surface area contributed by atoms with E-state index in [1.54, 1.807) is 11.1 Å². The molecule has 1 atom stereocenters. The van der Waals surface area contributed by atoms with Crippen molar-refractivity contribution in [3.63, 3.8) is 0 Å². The van der Waals surface area contributed by atoms with Crippen molar-refractivity contribution < 1.29 is 0 Å². The van der Waals surface area contributed by atoms with Gasteiger partial charge in [-0.05, 0) is 72.2 Å². The van der Waals surface area contributed by atoms with Crippen LogP contribution in [0.5, 0.6) is 0 Å². The first-order valence-electron chi connectivity index (χ1n) is 11.0. The minimum atomic E-state index is 0.613. The molecule has 4 heterocycles. The molecule has 5 aromatic rings. The Morgan fingerprint density at radius 1 is 1.06 bits per heavy atom. The van der Waals surface area contributed by atoms with E-state index in [2.05, 4.69) is 59.9 Å². The zero-order valence-electron chi connectivity index (χ0n) is 17.3. The molecule has 1 aromatic carbocycles. The van der Waals surface area contributed by atoms with Gasteiger partial charge in [0, 0.05) is 26.9 Å². The van der Waals surface area contributed by atoms with Crippen molar-refractivity contribution in [3.05, 3.63) is 87.4 Å². The van der Waals surface area contributed by atoms with Gasteiger partial charge in [-0.25, -0.2) is 4.98 Å². The van der Waals surface area contributed by atoms with Crippen molar-refractivity contribution in [2.75, 3.05) is 0 Å². The fourth-order valence-electron chi connectivity index (χ4n) is 5.41. The molecule has 0 radical (unpaired) electrons. The number of pyridine rings is 2. The van der Waals surface area contributed by atoms with Crippen LogP contribution in [0.3, 0.4) is 0 Å². The highest BCUT2D eigenvalue weighted by atomic mass is 32.1. The van der Waals surface area contributed by atoms with E-state index >= 15 is 0 Å². The summed E-state index contributed by atoms with van der Waals surface area (Å²) < 4.78 is 2.25. The van der Waals surface area contributed by atoms with Crippen LogP contribution in [0.4, 0.5) is 0 Å². The molecule has 0 fully saturated rings. The summed E-state index contributed by atoms with van der Waals surface area (Å²) in [4.78, 5) is 12.4. The quantitative estimate of drug-likeness (QED) is 0.293. The lowest BCUT2D eigenvalue weighted by atomic mass is 9.84. The Morgan fingerprint density at radius 3 is 2.97 bits per heavy atom. The van der Waals surface area contributed by atoms with Gasteiger partial charge in [-0.2, -0.15) is 0 Å². The molecule has 0 saturated carbocycles. The smallest absolute Gasteiger partial charge is 0.138 e. The van der Waals surface area contributed by atoms with Gasteiger partial charge in [0.2, 0.25) is 0 Å². The summed E-state index contributed by atoms with van der Waals surface area (Å²) in [5.74, 6) is 0.613. The molecule has 0 aliphatic heterocycles. The third kappa shape index (κ3) is 2.40. The molecular formula is C27H21N3S. The van der Waals surface area contributed by atoms with Crippen molar-refractivity contribution in [3.8, 4) is 0 Å². The minimum absolute atomic E-state index is 0.613. The Labute approximate surface area is 184 Å². The third-order valence-electron chi connectivity index (χ3n) is 6.80. The maximum atomic E-state index is 4.81. The lowest BCUT2D eigenvalue weighted by Gasteiger charge is -2.20. The number of nitrogens with zero attached hydrogens (tertiary/aromatic N) is 3. The van der Waals surface area contributed by atoms with Crippen LogP contribution in [-0.4, -0.2) is 14.4 Å². The Hall–Kier alpha value is -3.24. The Bertz CT molecular complexity index is 1580. The number of imidazole rings is 1. The molecule has 0 amide bonds. The van der Waals surface area contributed by atoms with E-state index in [-0.39, 0.29) is 0 Å². The van der Waals surface area contributed by atoms with Crippen LogP contribution < -0.4 is 0 Å². The van der Waals surface area contributed by atoms with E-state index in [9.17, 15) is 0 Å². The van der Waals surface area contributed by atoms with E-state index < -0.39 is 0 Å². The van der Waals surface area contributed by atoms with Crippen LogP contribution in [0.25, 0.3) is 39.2 Å². The number of para-hydroxylation sites is 2. The van der Waals surface area contributed by atoms with Gasteiger partial charge >= 0.3 is 0 Å². The first kappa shape index (κ1) is 17.4. The molecule has 1 unspecified atom stereocenters. The highest BCUT2D eigenvalue weighted by Gasteiger charge is 2.27. The maximum absolute atomic E-state index is 4.81. The number of rotatable bonds is 1. The molecular weight excluding hydrogens is 398 g/mol. The number of fused-ring (bicyclic) bond motifs is 8. The van der Waals surface area contributed by atoms with Gasteiger partial charge in [-0.15, -0.1) is 11.3 Å². The number of benzene rings is 1. The van der Waals surface area contributed by atoms with Crippen molar-refractivity contribution in [2.24, 2.45) is 0 Å². The van der Waals surface area contributed by atoms with E-state index in [1.165, 1.54) is 26.3 Å². The van der Waals surface area contributed by atoms with Gasteiger partial charge < -0.3 is 0 Å². The van der Waals surface area contributed by atoms with E-state index in [0.717, 1.165) is 41.5 Å². The molecule has 31 heavy (non-hydrogen) atoms. The first-order chi connectivity index (χ1) is 15.3. The molecule has 2 aliphatic rings. The van der Waals surface area contributed by atoms with E-state index in [1.807, 2.05) is 29.8 Å². The van der Waals surface area contributed by atoms with Gasteiger partial charge in [0.05, 0.1) is 22.7 Å². The van der Waals surface area contributed by atoms with Crippen LogP contribution in [0.15, 0.2) is 60.9 Å². The molecule has 4 aromatic heterocycles. The standard InChI is InChI=1S/C27H21N3S/c1-16-6-4-11-24-26(16)19-8-5-7-18(27(19)31-24)20-14-28-15-23-17(20)12-13-25-29-21-9-2-3-10-22(21)30(23)25/h2-4,7,9-16H,5-6,8H2,1H3. The van der Waals surface area contributed by atoms with Crippen molar-refractivity contribution in [1.82, 2.24) is 14.4 Å².